The van der Waals surface area contributed by atoms with Gasteiger partial charge in [0.15, 0.2) is 0 Å². The van der Waals surface area contributed by atoms with Gasteiger partial charge in [-0.3, -0.25) is 14.6 Å². The first-order valence-corrected chi connectivity index (χ1v) is 8.29. The van der Waals surface area contributed by atoms with Crippen molar-refractivity contribution in [3.63, 3.8) is 0 Å². The molecule has 2 N–H and O–H groups in total. The molecule has 0 bridgehead atoms. The molecular weight excluding hydrogens is 318 g/mol. The van der Waals surface area contributed by atoms with E-state index in [4.69, 9.17) is 4.74 Å². The van der Waals surface area contributed by atoms with Gasteiger partial charge in [-0.15, -0.1) is 0 Å². The van der Waals surface area contributed by atoms with Crippen molar-refractivity contribution in [3.8, 4) is 5.75 Å². The second kappa shape index (κ2) is 9.42. The lowest BCUT2D eigenvalue weighted by molar-refractivity contribution is 0.0949. The zero-order valence-electron chi connectivity index (χ0n) is 14.5. The molecule has 2 amide bonds. The number of pyridine rings is 1. The van der Waals surface area contributed by atoms with Gasteiger partial charge in [-0.2, -0.15) is 0 Å². The average Bonchev–Trinajstić information content (AvgIpc) is 2.66. The van der Waals surface area contributed by atoms with Crippen LogP contribution in [-0.2, 0) is 6.42 Å². The number of carbonyl (C=O) groups is 2. The molecule has 0 aliphatic carbocycles. The first-order chi connectivity index (χ1) is 12.1. The smallest absolute Gasteiger partial charge is 0.269 e. The van der Waals surface area contributed by atoms with Crippen LogP contribution in [0.15, 0.2) is 42.6 Å². The summed E-state index contributed by atoms with van der Waals surface area (Å²) in [6.45, 7) is 3.05. The molecule has 132 valence electrons. The lowest BCUT2D eigenvalue weighted by Crippen LogP contribution is -2.28. The fourth-order valence-corrected chi connectivity index (χ4v) is 2.28. The molecule has 2 rings (SSSR count). The number of rotatable bonds is 8. The van der Waals surface area contributed by atoms with Crippen LogP contribution in [0.1, 0.15) is 39.8 Å². The maximum atomic E-state index is 12.2. The first-order valence-electron chi connectivity index (χ1n) is 8.29. The monoisotopic (exact) mass is 341 g/mol. The summed E-state index contributed by atoms with van der Waals surface area (Å²) in [4.78, 5) is 28.2. The summed E-state index contributed by atoms with van der Waals surface area (Å²) in [5, 5.41) is 5.60. The van der Waals surface area contributed by atoms with Crippen molar-refractivity contribution >= 4 is 11.8 Å². The van der Waals surface area contributed by atoms with Gasteiger partial charge in [0.1, 0.15) is 11.4 Å². The standard InChI is InChI=1S/C19H23N3O3/c1-3-9-21-18(23)15-8-11-20-17(13-15)19(24)22-10-7-14-5-4-6-16(12-14)25-2/h4-6,8,11-13H,3,7,9-10H2,1-2H3,(H,21,23)(H,22,24). The number of amides is 2. The molecule has 6 nitrogen and oxygen atoms in total. The van der Waals surface area contributed by atoms with Crippen molar-refractivity contribution in [2.45, 2.75) is 19.8 Å². The Hall–Kier alpha value is -2.89. The van der Waals surface area contributed by atoms with Crippen molar-refractivity contribution in [2.75, 3.05) is 20.2 Å². The fourth-order valence-electron chi connectivity index (χ4n) is 2.28. The van der Waals surface area contributed by atoms with Gasteiger partial charge in [-0.1, -0.05) is 19.1 Å². The molecular formula is C19H23N3O3. The third-order valence-corrected chi connectivity index (χ3v) is 3.62. The number of nitrogens with zero attached hydrogens (tertiary/aromatic N) is 1. The summed E-state index contributed by atoms with van der Waals surface area (Å²) in [7, 11) is 1.62. The number of aromatic nitrogens is 1. The van der Waals surface area contributed by atoms with E-state index in [1.165, 1.54) is 12.3 Å². The third kappa shape index (κ3) is 5.60. The minimum absolute atomic E-state index is 0.199. The minimum atomic E-state index is -0.298. The Kier molecular flexibility index (Phi) is 6.95. The number of methoxy groups -OCH3 is 1. The highest BCUT2D eigenvalue weighted by Gasteiger charge is 2.11. The van der Waals surface area contributed by atoms with Gasteiger partial charge in [0.25, 0.3) is 11.8 Å². The number of hydrogen-bond acceptors (Lipinski definition) is 4. The molecule has 1 aromatic carbocycles. The number of carbonyl (C=O) groups excluding carboxylic acids is 2. The Labute approximate surface area is 147 Å². The zero-order valence-corrected chi connectivity index (χ0v) is 14.5. The van der Waals surface area contributed by atoms with Crippen molar-refractivity contribution in [3.05, 3.63) is 59.4 Å². The van der Waals surface area contributed by atoms with E-state index in [1.54, 1.807) is 13.2 Å². The van der Waals surface area contributed by atoms with Crippen LogP contribution >= 0.6 is 0 Å². The molecule has 0 atom stereocenters. The molecule has 6 heteroatoms. The molecule has 2 aromatic rings. The van der Waals surface area contributed by atoms with E-state index in [2.05, 4.69) is 15.6 Å². The largest absolute Gasteiger partial charge is 0.497 e. The van der Waals surface area contributed by atoms with Crippen LogP contribution in [0, 0.1) is 0 Å². The van der Waals surface area contributed by atoms with Crippen LogP contribution in [0.2, 0.25) is 0 Å². The zero-order chi connectivity index (χ0) is 18.1. The lowest BCUT2D eigenvalue weighted by Gasteiger charge is -2.08. The Balaban J connectivity index is 1.91. The molecule has 25 heavy (non-hydrogen) atoms. The van der Waals surface area contributed by atoms with Crippen LogP contribution in [0.25, 0.3) is 0 Å². The predicted molar refractivity (Wildman–Crippen MR) is 95.9 cm³/mol. The molecule has 1 heterocycles. The van der Waals surface area contributed by atoms with Crippen molar-refractivity contribution in [1.29, 1.82) is 0 Å². The molecule has 0 aliphatic rings. The topological polar surface area (TPSA) is 80.3 Å². The Bertz CT molecular complexity index is 731. The van der Waals surface area contributed by atoms with E-state index in [1.807, 2.05) is 31.2 Å². The number of hydrogen-bond donors (Lipinski definition) is 2. The maximum absolute atomic E-state index is 12.2. The summed E-state index contributed by atoms with van der Waals surface area (Å²) in [5.41, 5.74) is 1.73. The summed E-state index contributed by atoms with van der Waals surface area (Å²) in [6, 6.07) is 10.8. The highest BCUT2D eigenvalue weighted by atomic mass is 16.5. The van der Waals surface area contributed by atoms with Gasteiger partial charge < -0.3 is 15.4 Å². The first kappa shape index (κ1) is 18.4. The van der Waals surface area contributed by atoms with Crippen molar-refractivity contribution in [1.82, 2.24) is 15.6 Å². The van der Waals surface area contributed by atoms with Crippen LogP contribution in [-0.4, -0.2) is 37.0 Å². The molecule has 0 radical (unpaired) electrons. The van der Waals surface area contributed by atoms with Gasteiger partial charge in [-0.25, -0.2) is 0 Å². The van der Waals surface area contributed by atoms with Crippen LogP contribution < -0.4 is 15.4 Å². The van der Waals surface area contributed by atoms with Crippen molar-refractivity contribution < 1.29 is 14.3 Å². The van der Waals surface area contributed by atoms with Gasteiger partial charge in [0, 0.05) is 24.8 Å². The molecule has 0 unspecified atom stereocenters. The summed E-state index contributed by atoms with van der Waals surface area (Å²) >= 11 is 0. The molecule has 0 spiro atoms. The molecule has 1 aromatic heterocycles. The second-order valence-corrected chi connectivity index (χ2v) is 5.54. The Morgan fingerprint density at radius 2 is 1.88 bits per heavy atom. The molecule has 0 fully saturated rings. The Morgan fingerprint density at radius 1 is 1.08 bits per heavy atom. The van der Waals surface area contributed by atoms with Crippen LogP contribution in [0.3, 0.4) is 0 Å². The lowest BCUT2D eigenvalue weighted by atomic mass is 10.1. The molecule has 0 aliphatic heterocycles. The van der Waals surface area contributed by atoms with Gasteiger partial charge in [0.05, 0.1) is 7.11 Å². The van der Waals surface area contributed by atoms with Gasteiger partial charge >= 0.3 is 0 Å². The minimum Gasteiger partial charge on any atom is -0.497 e. The predicted octanol–water partition coefficient (Wildman–Crippen LogP) is 2.20. The van der Waals surface area contributed by atoms with Crippen molar-refractivity contribution in [2.24, 2.45) is 0 Å². The van der Waals surface area contributed by atoms with Crippen LogP contribution in [0.4, 0.5) is 0 Å². The third-order valence-electron chi connectivity index (χ3n) is 3.62. The van der Waals surface area contributed by atoms with E-state index < -0.39 is 0 Å². The van der Waals surface area contributed by atoms with E-state index in [-0.39, 0.29) is 17.5 Å². The van der Waals surface area contributed by atoms with E-state index in [9.17, 15) is 9.59 Å². The van der Waals surface area contributed by atoms with Gasteiger partial charge in [-0.05, 0) is 42.7 Å². The number of benzene rings is 1. The van der Waals surface area contributed by atoms with Gasteiger partial charge in [0.2, 0.25) is 0 Å². The number of nitrogens with one attached hydrogen (secondary N) is 2. The summed E-state index contributed by atoms with van der Waals surface area (Å²) < 4.78 is 5.18. The number of ether oxygens (including phenoxy) is 1. The maximum Gasteiger partial charge on any atom is 0.269 e. The quantitative estimate of drug-likeness (QED) is 0.771. The van der Waals surface area contributed by atoms with E-state index in [0.717, 1.165) is 17.7 Å². The normalized spacial score (nSPS) is 10.2. The summed E-state index contributed by atoms with van der Waals surface area (Å²) in [6.07, 6.45) is 3.01. The highest BCUT2D eigenvalue weighted by molar-refractivity contribution is 5.98. The van der Waals surface area contributed by atoms with E-state index >= 15 is 0 Å². The second-order valence-electron chi connectivity index (χ2n) is 5.54. The summed E-state index contributed by atoms with van der Waals surface area (Å²) in [5.74, 6) is 0.291. The van der Waals surface area contributed by atoms with E-state index in [0.29, 0.717) is 25.1 Å². The average molecular weight is 341 g/mol. The fraction of sp³-hybridized carbons (Fsp3) is 0.316. The highest BCUT2D eigenvalue weighted by Crippen LogP contribution is 2.12. The Morgan fingerprint density at radius 3 is 2.64 bits per heavy atom. The SMILES string of the molecule is CCCNC(=O)c1ccnc(C(=O)NCCc2cccc(OC)c2)c1. The molecule has 0 saturated carbocycles. The molecule has 0 saturated heterocycles. The van der Waals surface area contributed by atoms with Crippen LogP contribution in [0.5, 0.6) is 5.75 Å².